The predicted molar refractivity (Wildman–Crippen MR) is 72.8 cm³/mol. The van der Waals surface area contributed by atoms with E-state index < -0.39 is 0 Å². The zero-order chi connectivity index (χ0) is 13.1. The topological polar surface area (TPSA) is 29.9 Å². The second-order valence-corrected chi connectivity index (χ2v) is 5.17. The van der Waals surface area contributed by atoms with Gasteiger partial charge in [0.15, 0.2) is 0 Å². The quantitative estimate of drug-likeness (QED) is 0.918. The average molecular weight is 259 g/mol. The van der Waals surface area contributed by atoms with Gasteiger partial charge in [-0.3, -0.25) is 0 Å². The SMILES string of the molecule is Fc1cccc(-n2cc(CC3CCNCC3)cn2)c1. The van der Waals surface area contributed by atoms with Crippen molar-refractivity contribution in [1.29, 1.82) is 0 Å². The van der Waals surface area contributed by atoms with Crippen LogP contribution in [0.3, 0.4) is 0 Å². The maximum atomic E-state index is 13.2. The van der Waals surface area contributed by atoms with Gasteiger partial charge in [0.05, 0.1) is 11.9 Å². The number of aromatic nitrogens is 2. The third-order valence-electron chi connectivity index (χ3n) is 3.69. The summed E-state index contributed by atoms with van der Waals surface area (Å²) in [6.45, 7) is 2.23. The number of rotatable bonds is 3. The van der Waals surface area contributed by atoms with E-state index in [0.29, 0.717) is 0 Å². The van der Waals surface area contributed by atoms with Crippen molar-refractivity contribution < 1.29 is 4.39 Å². The second-order valence-electron chi connectivity index (χ2n) is 5.17. The van der Waals surface area contributed by atoms with Crippen molar-refractivity contribution in [3.05, 3.63) is 48.0 Å². The molecule has 2 heterocycles. The first-order chi connectivity index (χ1) is 9.31. The van der Waals surface area contributed by atoms with Crippen LogP contribution in [0.15, 0.2) is 36.7 Å². The molecule has 0 bridgehead atoms. The molecule has 0 saturated carbocycles. The van der Waals surface area contributed by atoms with E-state index in [1.165, 1.54) is 30.5 Å². The molecule has 0 radical (unpaired) electrons. The maximum absolute atomic E-state index is 13.2. The minimum absolute atomic E-state index is 0.229. The molecule has 3 rings (SSSR count). The molecule has 1 aliphatic heterocycles. The van der Waals surface area contributed by atoms with Crippen molar-refractivity contribution in [1.82, 2.24) is 15.1 Å². The van der Waals surface area contributed by atoms with E-state index in [0.717, 1.165) is 31.1 Å². The summed E-state index contributed by atoms with van der Waals surface area (Å²) in [5.74, 6) is 0.513. The summed E-state index contributed by atoms with van der Waals surface area (Å²) in [7, 11) is 0. The lowest BCUT2D eigenvalue weighted by molar-refractivity contribution is 0.372. The Morgan fingerprint density at radius 1 is 1.32 bits per heavy atom. The van der Waals surface area contributed by atoms with Crippen molar-refractivity contribution in [3.8, 4) is 5.69 Å². The van der Waals surface area contributed by atoms with Gasteiger partial charge in [-0.15, -0.1) is 0 Å². The summed E-state index contributed by atoms with van der Waals surface area (Å²) in [4.78, 5) is 0. The number of nitrogens with zero attached hydrogens (tertiary/aromatic N) is 2. The third kappa shape index (κ3) is 3.01. The van der Waals surface area contributed by atoms with Crippen LogP contribution in [-0.4, -0.2) is 22.9 Å². The Morgan fingerprint density at radius 3 is 2.95 bits per heavy atom. The standard InChI is InChI=1S/C15H18FN3/c16-14-2-1-3-15(9-14)19-11-13(10-18-19)8-12-4-6-17-7-5-12/h1-3,9-12,17H,4-8H2. The van der Waals surface area contributed by atoms with Crippen LogP contribution in [0, 0.1) is 11.7 Å². The summed E-state index contributed by atoms with van der Waals surface area (Å²) in [5, 5.41) is 7.70. The summed E-state index contributed by atoms with van der Waals surface area (Å²) in [6, 6.07) is 6.52. The monoisotopic (exact) mass is 259 g/mol. The second kappa shape index (κ2) is 5.53. The number of piperidine rings is 1. The molecule has 0 atom stereocenters. The van der Waals surface area contributed by atoms with Gasteiger partial charge in [0.25, 0.3) is 0 Å². The fourth-order valence-electron chi connectivity index (χ4n) is 2.64. The Kier molecular flexibility index (Phi) is 3.60. The van der Waals surface area contributed by atoms with E-state index in [1.54, 1.807) is 10.7 Å². The maximum Gasteiger partial charge on any atom is 0.125 e. The molecule has 1 fully saturated rings. The Bertz CT molecular complexity index is 544. The van der Waals surface area contributed by atoms with Gasteiger partial charge in [-0.25, -0.2) is 9.07 Å². The molecule has 1 aromatic heterocycles. The number of hydrogen-bond acceptors (Lipinski definition) is 2. The molecule has 0 spiro atoms. The Labute approximate surface area is 112 Å². The van der Waals surface area contributed by atoms with Gasteiger partial charge in [0.2, 0.25) is 0 Å². The van der Waals surface area contributed by atoms with E-state index in [1.807, 2.05) is 18.5 Å². The minimum atomic E-state index is -0.229. The number of halogens is 1. The van der Waals surface area contributed by atoms with E-state index in [4.69, 9.17) is 0 Å². The highest BCUT2D eigenvalue weighted by atomic mass is 19.1. The Morgan fingerprint density at radius 2 is 2.16 bits per heavy atom. The highest BCUT2D eigenvalue weighted by molar-refractivity contribution is 5.31. The van der Waals surface area contributed by atoms with Gasteiger partial charge in [-0.1, -0.05) is 6.07 Å². The van der Waals surface area contributed by atoms with Crippen LogP contribution < -0.4 is 5.32 Å². The summed E-state index contributed by atoms with van der Waals surface area (Å²) in [6.07, 6.45) is 7.43. The molecule has 19 heavy (non-hydrogen) atoms. The molecule has 3 nitrogen and oxygen atoms in total. The molecule has 4 heteroatoms. The largest absolute Gasteiger partial charge is 0.317 e. The Balaban J connectivity index is 1.72. The molecule has 0 aliphatic carbocycles. The van der Waals surface area contributed by atoms with Crippen LogP contribution in [-0.2, 0) is 6.42 Å². The van der Waals surface area contributed by atoms with Gasteiger partial charge in [0, 0.05) is 6.20 Å². The summed E-state index contributed by atoms with van der Waals surface area (Å²) < 4.78 is 14.9. The Hall–Kier alpha value is -1.68. The number of benzene rings is 1. The lowest BCUT2D eigenvalue weighted by Crippen LogP contribution is -2.28. The molecule has 100 valence electrons. The normalized spacial score (nSPS) is 16.7. The lowest BCUT2D eigenvalue weighted by Gasteiger charge is -2.21. The van der Waals surface area contributed by atoms with Crippen LogP contribution >= 0.6 is 0 Å². The van der Waals surface area contributed by atoms with Gasteiger partial charge in [0.1, 0.15) is 5.82 Å². The van der Waals surface area contributed by atoms with E-state index in [2.05, 4.69) is 10.4 Å². The molecule has 2 aromatic rings. The van der Waals surface area contributed by atoms with Crippen molar-refractivity contribution in [3.63, 3.8) is 0 Å². The van der Waals surface area contributed by atoms with Gasteiger partial charge in [-0.2, -0.15) is 5.10 Å². The molecule has 0 amide bonds. The highest BCUT2D eigenvalue weighted by Crippen LogP contribution is 2.18. The number of nitrogens with one attached hydrogen (secondary N) is 1. The molecular formula is C15H18FN3. The minimum Gasteiger partial charge on any atom is -0.317 e. The third-order valence-corrected chi connectivity index (χ3v) is 3.69. The zero-order valence-corrected chi connectivity index (χ0v) is 10.8. The van der Waals surface area contributed by atoms with Crippen LogP contribution in [0.4, 0.5) is 4.39 Å². The fraction of sp³-hybridized carbons (Fsp3) is 0.400. The van der Waals surface area contributed by atoms with Gasteiger partial charge in [-0.05, 0) is 62.0 Å². The first-order valence-corrected chi connectivity index (χ1v) is 6.81. The van der Waals surface area contributed by atoms with Crippen molar-refractivity contribution in [2.45, 2.75) is 19.3 Å². The van der Waals surface area contributed by atoms with Crippen molar-refractivity contribution in [2.24, 2.45) is 5.92 Å². The molecule has 0 unspecified atom stereocenters. The van der Waals surface area contributed by atoms with E-state index >= 15 is 0 Å². The van der Waals surface area contributed by atoms with Gasteiger partial charge >= 0.3 is 0 Å². The lowest BCUT2D eigenvalue weighted by atomic mass is 9.92. The smallest absolute Gasteiger partial charge is 0.125 e. The van der Waals surface area contributed by atoms with Crippen LogP contribution in [0.1, 0.15) is 18.4 Å². The van der Waals surface area contributed by atoms with Crippen LogP contribution in [0.2, 0.25) is 0 Å². The van der Waals surface area contributed by atoms with Crippen LogP contribution in [0.25, 0.3) is 5.69 Å². The molecule has 1 saturated heterocycles. The van der Waals surface area contributed by atoms with Gasteiger partial charge < -0.3 is 5.32 Å². The molecule has 1 N–H and O–H groups in total. The summed E-state index contributed by atoms with van der Waals surface area (Å²) in [5.41, 5.74) is 2.01. The average Bonchev–Trinajstić information content (AvgIpc) is 2.88. The van der Waals surface area contributed by atoms with Crippen molar-refractivity contribution >= 4 is 0 Å². The molecule has 1 aliphatic rings. The zero-order valence-electron chi connectivity index (χ0n) is 10.8. The molecule has 1 aromatic carbocycles. The fourth-order valence-corrected chi connectivity index (χ4v) is 2.64. The molecular weight excluding hydrogens is 241 g/mol. The van der Waals surface area contributed by atoms with E-state index in [9.17, 15) is 4.39 Å². The highest BCUT2D eigenvalue weighted by Gasteiger charge is 2.14. The first kappa shape index (κ1) is 12.4. The predicted octanol–water partition coefficient (Wildman–Crippen LogP) is 2.55. The summed E-state index contributed by atoms with van der Waals surface area (Å²) >= 11 is 0. The van der Waals surface area contributed by atoms with E-state index in [-0.39, 0.29) is 5.82 Å². The number of hydrogen-bond donors (Lipinski definition) is 1. The first-order valence-electron chi connectivity index (χ1n) is 6.81. The van der Waals surface area contributed by atoms with Crippen molar-refractivity contribution in [2.75, 3.05) is 13.1 Å². The van der Waals surface area contributed by atoms with Crippen LogP contribution in [0.5, 0.6) is 0 Å².